The molecule has 122 valence electrons. The van der Waals surface area contributed by atoms with Gasteiger partial charge in [0.05, 0.1) is 11.4 Å². The minimum absolute atomic E-state index is 0.123. The van der Waals surface area contributed by atoms with E-state index in [0.29, 0.717) is 23.0 Å². The van der Waals surface area contributed by atoms with Crippen LogP contribution in [0.1, 0.15) is 31.7 Å². The number of halogens is 3. The van der Waals surface area contributed by atoms with Gasteiger partial charge in [0.1, 0.15) is 11.4 Å². The first-order valence-corrected chi connectivity index (χ1v) is 8.09. The maximum absolute atomic E-state index is 12.6. The minimum Gasteiger partial charge on any atom is -0.268 e. The summed E-state index contributed by atoms with van der Waals surface area (Å²) in [6.07, 6.45) is -4.28. The van der Waals surface area contributed by atoms with Gasteiger partial charge in [-0.25, -0.2) is 8.42 Å². The Morgan fingerprint density at radius 3 is 2.19 bits per heavy atom. The summed E-state index contributed by atoms with van der Waals surface area (Å²) in [5, 5.41) is 4.06. The molecule has 1 rings (SSSR count). The lowest BCUT2D eigenvalue weighted by Gasteiger charge is -2.23. The van der Waals surface area contributed by atoms with Crippen molar-refractivity contribution in [2.45, 2.75) is 51.7 Å². The van der Waals surface area contributed by atoms with Crippen molar-refractivity contribution in [1.82, 2.24) is 14.1 Å². The van der Waals surface area contributed by atoms with Crippen molar-refractivity contribution in [1.29, 1.82) is 0 Å². The van der Waals surface area contributed by atoms with Crippen LogP contribution in [0.4, 0.5) is 13.2 Å². The predicted molar refractivity (Wildman–Crippen MR) is 72.5 cm³/mol. The molecule has 5 nitrogen and oxygen atoms in total. The van der Waals surface area contributed by atoms with E-state index in [4.69, 9.17) is 0 Å². The lowest BCUT2D eigenvalue weighted by atomic mass is 10.4. The number of alkyl halides is 3. The molecule has 0 N–H and O–H groups in total. The zero-order chi connectivity index (χ0) is 16.4. The van der Waals surface area contributed by atoms with Gasteiger partial charge >= 0.3 is 6.18 Å². The highest BCUT2D eigenvalue weighted by molar-refractivity contribution is 7.89. The summed E-state index contributed by atoms with van der Waals surface area (Å²) in [6, 6.07) is 0. The fourth-order valence-electron chi connectivity index (χ4n) is 2.22. The third-order valence-corrected chi connectivity index (χ3v) is 5.14. The molecule has 0 amide bonds. The molecule has 21 heavy (non-hydrogen) atoms. The average molecular weight is 327 g/mol. The number of nitrogens with zero attached hydrogens (tertiary/aromatic N) is 3. The van der Waals surface area contributed by atoms with E-state index in [1.807, 2.05) is 0 Å². The van der Waals surface area contributed by atoms with E-state index >= 15 is 0 Å². The zero-order valence-corrected chi connectivity index (χ0v) is 13.3. The number of hydrogen-bond acceptors (Lipinski definition) is 3. The standard InChI is InChI=1S/C12H20F3N3O2S/c1-5-7-17(8-12(13,14)15)21(19,20)11-9(3)16-18(6-2)10(11)4/h5-8H2,1-4H3. The molecule has 0 aliphatic carbocycles. The molecular weight excluding hydrogens is 307 g/mol. The molecule has 0 bridgehead atoms. The van der Waals surface area contributed by atoms with Gasteiger partial charge in [-0.2, -0.15) is 22.6 Å². The molecule has 1 aromatic heterocycles. The molecule has 0 aliphatic rings. The second-order valence-electron chi connectivity index (χ2n) is 4.77. The predicted octanol–water partition coefficient (Wildman–Crippen LogP) is 2.48. The van der Waals surface area contributed by atoms with Crippen LogP contribution >= 0.6 is 0 Å². The average Bonchev–Trinajstić information content (AvgIpc) is 2.62. The van der Waals surface area contributed by atoms with Gasteiger partial charge in [0.2, 0.25) is 10.0 Å². The Kier molecular flexibility index (Phi) is 5.43. The fraction of sp³-hybridized carbons (Fsp3) is 0.750. The van der Waals surface area contributed by atoms with E-state index in [1.165, 1.54) is 11.6 Å². The van der Waals surface area contributed by atoms with Crippen LogP contribution in [0.3, 0.4) is 0 Å². The van der Waals surface area contributed by atoms with Crippen LogP contribution in [-0.4, -0.2) is 41.8 Å². The molecule has 0 fully saturated rings. The van der Waals surface area contributed by atoms with Gasteiger partial charge in [0.25, 0.3) is 0 Å². The van der Waals surface area contributed by atoms with Crippen LogP contribution in [0.25, 0.3) is 0 Å². The Morgan fingerprint density at radius 1 is 1.24 bits per heavy atom. The largest absolute Gasteiger partial charge is 0.402 e. The Hall–Kier alpha value is -1.09. The molecule has 0 aliphatic heterocycles. The third-order valence-electron chi connectivity index (χ3n) is 3.04. The van der Waals surface area contributed by atoms with Crippen molar-refractivity contribution in [2.24, 2.45) is 0 Å². The topological polar surface area (TPSA) is 55.2 Å². The quantitative estimate of drug-likeness (QED) is 0.806. The summed E-state index contributed by atoms with van der Waals surface area (Å²) in [4.78, 5) is -0.123. The van der Waals surface area contributed by atoms with E-state index in [0.717, 1.165) is 0 Å². The first-order chi connectivity index (χ1) is 9.54. The van der Waals surface area contributed by atoms with Crippen LogP contribution in [0.15, 0.2) is 4.90 Å². The molecule has 0 spiro atoms. The summed E-state index contributed by atoms with van der Waals surface area (Å²) in [5.41, 5.74) is 0.580. The maximum atomic E-state index is 12.6. The van der Waals surface area contributed by atoms with Gasteiger partial charge < -0.3 is 0 Å². The van der Waals surface area contributed by atoms with Crippen molar-refractivity contribution < 1.29 is 21.6 Å². The van der Waals surface area contributed by atoms with Crippen molar-refractivity contribution >= 4 is 10.0 Å². The van der Waals surface area contributed by atoms with Crippen LogP contribution < -0.4 is 0 Å². The Bertz CT molecular complexity index is 594. The van der Waals surface area contributed by atoms with Gasteiger partial charge in [-0.3, -0.25) is 4.68 Å². The van der Waals surface area contributed by atoms with Crippen LogP contribution in [-0.2, 0) is 16.6 Å². The number of rotatable bonds is 6. The summed E-state index contributed by atoms with van der Waals surface area (Å²) >= 11 is 0. The Morgan fingerprint density at radius 2 is 1.81 bits per heavy atom. The van der Waals surface area contributed by atoms with E-state index in [-0.39, 0.29) is 17.1 Å². The lowest BCUT2D eigenvalue weighted by Crippen LogP contribution is -2.39. The fourth-order valence-corrected chi connectivity index (χ4v) is 4.11. The van der Waals surface area contributed by atoms with Gasteiger partial charge in [0, 0.05) is 13.1 Å². The molecule has 0 saturated carbocycles. The van der Waals surface area contributed by atoms with Crippen molar-refractivity contribution in [3.05, 3.63) is 11.4 Å². The third kappa shape index (κ3) is 3.97. The molecule has 9 heteroatoms. The first kappa shape index (κ1) is 18.0. The molecular formula is C12H20F3N3O2S. The van der Waals surface area contributed by atoms with Crippen LogP contribution in [0.2, 0.25) is 0 Å². The molecule has 0 aromatic carbocycles. The first-order valence-electron chi connectivity index (χ1n) is 6.65. The summed E-state index contributed by atoms with van der Waals surface area (Å²) in [5.74, 6) is 0. The van der Waals surface area contributed by atoms with Gasteiger partial charge in [0.15, 0.2) is 0 Å². The van der Waals surface area contributed by atoms with Crippen molar-refractivity contribution in [3.8, 4) is 0 Å². The molecule has 0 unspecified atom stereocenters. The van der Waals surface area contributed by atoms with E-state index in [9.17, 15) is 21.6 Å². The summed E-state index contributed by atoms with van der Waals surface area (Å²) in [7, 11) is -4.22. The van der Waals surface area contributed by atoms with Gasteiger partial charge in [-0.15, -0.1) is 0 Å². The molecule has 0 saturated heterocycles. The highest BCUT2D eigenvalue weighted by Crippen LogP contribution is 2.27. The highest BCUT2D eigenvalue weighted by Gasteiger charge is 2.38. The summed E-state index contributed by atoms with van der Waals surface area (Å²) < 4.78 is 64.9. The second-order valence-corrected chi connectivity index (χ2v) is 6.64. The number of hydrogen-bond donors (Lipinski definition) is 0. The number of sulfonamides is 1. The van der Waals surface area contributed by atoms with Crippen molar-refractivity contribution in [3.63, 3.8) is 0 Å². The number of aromatic nitrogens is 2. The second kappa shape index (κ2) is 6.35. The van der Waals surface area contributed by atoms with Gasteiger partial charge in [-0.1, -0.05) is 6.92 Å². The summed E-state index contributed by atoms with van der Waals surface area (Å²) in [6.45, 7) is 5.24. The Labute approximate surface area is 122 Å². The molecule has 0 radical (unpaired) electrons. The monoisotopic (exact) mass is 327 g/mol. The zero-order valence-electron chi connectivity index (χ0n) is 12.5. The minimum atomic E-state index is -4.58. The van der Waals surface area contributed by atoms with Crippen molar-refractivity contribution in [2.75, 3.05) is 13.1 Å². The van der Waals surface area contributed by atoms with Gasteiger partial charge in [-0.05, 0) is 27.2 Å². The Balaban J connectivity index is 3.33. The SMILES string of the molecule is CCCN(CC(F)(F)F)S(=O)(=O)c1c(C)nn(CC)c1C. The van der Waals surface area contributed by atoms with Crippen LogP contribution in [0.5, 0.6) is 0 Å². The highest BCUT2D eigenvalue weighted by atomic mass is 32.2. The molecule has 1 heterocycles. The molecule has 1 aromatic rings. The smallest absolute Gasteiger partial charge is 0.268 e. The number of aryl methyl sites for hydroxylation is 2. The van der Waals surface area contributed by atoms with E-state index in [1.54, 1.807) is 20.8 Å². The van der Waals surface area contributed by atoms with E-state index < -0.39 is 22.7 Å². The lowest BCUT2D eigenvalue weighted by molar-refractivity contribution is -0.136. The maximum Gasteiger partial charge on any atom is 0.402 e. The van der Waals surface area contributed by atoms with Crippen LogP contribution in [0, 0.1) is 13.8 Å². The van der Waals surface area contributed by atoms with E-state index in [2.05, 4.69) is 5.10 Å². The normalized spacial score (nSPS) is 13.1. The molecule has 0 atom stereocenters.